The van der Waals surface area contributed by atoms with Crippen LogP contribution in [0.15, 0.2) is 57.7 Å². The summed E-state index contributed by atoms with van der Waals surface area (Å²) >= 11 is 0. The van der Waals surface area contributed by atoms with Crippen LogP contribution >= 0.6 is 0 Å². The molecule has 5 nitrogen and oxygen atoms in total. The van der Waals surface area contributed by atoms with Gasteiger partial charge in [0.2, 0.25) is 5.78 Å². The number of fused-ring (bicyclic) bond motifs is 1. The summed E-state index contributed by atoms with van der Waals surface area (Å²) in [4.78, 5) is 36.1. The predicted molar refractivity (Wildman–Crippen MR) is 93.3 cm³/mol. The van der Waals surface area contributed by atoms with Crippen LogP contribution in [0.25, 0.3) is 11.0 Å². The van der Waals surface area contributed by atoms with Crippen LogP contribution in [-0.4, -0.2) is 18.2 Å². The molecule has 0 saturated carbocycles. The largest absolute Gasteiger partial charge is 0.485 e. The van der Waals surface area contributed by atoms with Crippen molar-refractivity contribution in [3.8, 4) is 5.75 Å². The van der Waals surface area contributed by atoms with Crippen molar-refractivity contribution >= 4 is 22.5 Å². The molecule has 0 bridgehead atoms. The van der Waals surface area contributed by atoms with E-state index in [1.807, 2.05) is 0 Å². The van der Waals surface area contributed by atoms with Crippen LogP contribution < -0.4 is 10.4 Å². The summed E-state index contributed by atoms with van der Waals surface area (Å²) in [5.74, 6) is -0.298. The van der Waals surface area contributed by atoms with Gasteiger partial charge in [-0.3, -0.25) is 9.59 Å². The van der Waals surface area contributed by atoms with Gasteiger partial charge in [-0.15, -0.1) is 0 Å². The summed E-state index contributed by atoms with van der Waals surface area (Å²) in [6.45, 7) is 2.99. The summed E-state index contributed by atoms with van der Waals surface area (Å²) in [5, 5.41) is 0.647. The second kappa shape index (κ2) is 6.73. The van der Waals surface area contributed by atoms with Crippen LogP contribution in [0.4, 0.5) is 0 Å². The summed E-state index contributed by atoms with van der Waals surface area (Å²) < 4.78 is 10.8. The Morgan fingerprint density at radius 1 is 1.08 bits per heavy atom. The summed E-state index contributed by atoms with van der Waals surface area (Å²) in [5.41, 5.74) is 0.903. The van der Waals surface area contributed by atoms with E-state index in [9.17, 15) is 14.4 Å². The van der Waals surface area contributed by atoms with Crippen LogP contribution in [0.5, 0.6) is 5.75 Å². The van der Waals surface area contributed by atoms with E-state index >= 15 is 0 Å². The number of hydrogen-bond acceptors (Lipinski definition) is 5. The maximum absolute atomic E-state index is 13.0. The van der Waals surface area contributed by atoms with Gasteiger partial charge in [0.25, 0.3) is 0 Å². The average Bonchev–Trinajstić information content (AvgIpc) is 2.59. The summed E-state index contributed by atoms with van der Waals surface area (Å²) in [6.07, 6.45) is 0. The zero-order valence-corrected chi connectivity index (χ0v) is 13.9. The first kappa shape index (κ1) is 16.6. The monoisotopic (exact) mass is 336 g/mol. The number of hydrogen-bond donors (Lipinski definition) is 0. The van der Waals surface area contributed by atoms with E-state index in [1.54, 1.807) is 49.4 Å². The first-order chi connectivity index (χ1) is 12.0. The van der Waals surface area contributed by atoms with Crippen molar-refractivity contribution in [1.29, 1.82) is 0 Å². The molecule has 0 fully saturated rings. The second-order valence-corrected chi connectivity index (χ2v) is 5.75. The van der Waals surface area contributed by atoms with E-state index in [0.29, 0.717) is 16.5 Å². The zero-order chi connectivity index (χ0) is 18.0. The molecular formula is C20H16O5. The molecule has 0 atom stereocenters. The Kier molecular flexibility index (Phi) is 4.48. The minimum Gasteiger partial charge on any atom is -0.485 e. The van der Waals surface area contributed by atoms with E-state index in [1.165, 1.54) is 13.0 Å². The van der Waals surface area contributed by atoms with E-state index in [0.717, 1.165) is 0 Å². The normalized spacial score (nSPS) is 10.6. The Hall–Kier alpha value is -3.21. The van der Waals surface area contributed by atoms with Gasteiger partial charge in [-0.1, -0.05) is 30.3 Å². The highest BCUT2D eigenvalue weighted by atomic mass is 16.5. The molecule has 3 aromatic rings. The molecule has 0 aliphatic rings. The summed E-state index contributed by atoms with van der Waals surface area (Å²) in [6, 6.07) is 13.3. The van der Waals surface area contributed by atoms with Crippen molar-refractivity contribution in [2.24, 2.45) is 0 Å². The average molecular weight is 336 g/mol. The molecule has 0 spiro atoms. The maximum atomic E-state index is 13.0. The van der Waals surface area contributed by atoms with Crippen LogP contribution in [0.1, 0.15) is 28.4 Å². The van der Waals surface area contributed by atoms with Gasteiger partial charge in [-0.25, -0.2) is 4.79 Å². The Balaban J connectivity index is 2.27. The lowest BCUT2D eigenvalue weighted by molar-refractivity contribution is -0.118. The Labute approximate surface area is 143 Å². The summed E-state index contributed by atoms with van der Waals surface area (Å²) in [7, 11) is 0. The highest BCUT2D eigenvalue weighted by Crippen LogP contribution is 2.31. The van der Waals surface area contributed by atoms with Crippen molar-refractivity contribution < 1.29 is 18.7 Å². The number of benzene rings is 2. The van der Waals surface area contributed by atoms with Crippen molar-refractivity contribution in [3.05, 3.63) is 75.6 Å². The second-order valence-electron chi connectivity index (χ2n) is 5.75. The lowest BCUT2D eigenvalue weighted by atomic mass is 9.98. The molecule has 0 aliphatic carbocycles. The van der Waals surface area contributed by atoms with Crippen molar-refractivity contribution in [2.45, 2.75) is 13.8 Å². The molecule has 0 saturated heterocycles. The molecule has 25 heavy (non-hydrogen) atoms. The van der Waals surface area contributed by atoms with Gasteiger partial charge in [-0.2, -0.15) is 0 Å². The number of rotatable bonds is 5. The van der Waals surface area contributed by atoms with Gasteiger partial charge in [0.15, 0.2) is 11.4 Å². The van der Waals surface area contributed by atoms with Crippen molar-refractivity contribution in [2.75, 3.05) is 6.61 Å². The number of carbonyl (C=O) groups is 2. The molecule has 5 heteroatoms. The molecule has 0 radical (unpaired) electrons. The fraction of sp³-hybridized carbons (Fsp3) is 0.150. The quantitative estimate of drug-likeness (QED) is 0.528. The molecule has 0 amide bonds. The molecule has 1 heterocycles. The van der Waals surface area contributed by atoms with Gasteiger partial charge in [0, 0.05) is 17.0 Å². The molecule has 0 aliphatic heterocycles. The Morgan fingerprint density at radius 2 is 1.80 bits per heavy atom. The molecule has 126 valence electrons. The SMILES string of the molecule is CC(=O)COc1ccc2c(C)cc(=O)oc2c1C(=O)c1ccccc1. The van der Waals surface area contributed by atoms with Gasteiger partial charge in [0.1, 0.15) is 17.9 Å². The topological polar surface area (TPSA) is 73.6 Å². The predicted octanol–water partition coefficient (Wildman–Crippen LogP) is 3.30. The van der Waals surface area contributed by atoms with E-state index in [2.05, 4.69) is 0 Å². The third-order valence-corrected chi connectivity index (χ3v) is 3.78. The third kappa shape index (κ3) is 3.35. The lowest BCUT2D eigenvalue weighted by Gasteiger charge is -2.12. The highest BCUT2D eigenvalue weighted by molar-refractivity contribution is 6.17. The Bertz CT molecular complexity index is 1020. The molecule has 2 aromatic carbocycles. The lowest BCUT2D eigenvalue weighted by Crippen LogP contribution is -2.12. The number of ether oxygens (including phenoxy) is 1. The van der Waals surface area contributed by atoms with E-state index < -0.39 is 5.63 Å². The molecule has 1 aromatic heterocycles. The van der Waals surface area contributed by atoms with Crippen LogP contribution in [-0.2, 0) is 4.79 Å². The van der Waals surface area contributed by atoms with E-state index in [4.69, 9.17) is 9.15 Å². The zero-order valence-electron chi connectivity index (χ0n) is 13.9. The highest BCUT2D eigenvalue weighted by Gasteiger charge is 2.22. The number of ketones is 2. The van der Waals surface area contributed by atoms with Crippen LogP contribution in [0.3, 0.4) is 0 Å². The van der Waals surface area contributed by atoms with Crippen molar-refractivity contribution in [1.82, 2.24) is 0 Å². The maximum Gasteiger partial charge on any atom is 0.336 e. The number of Topliss-reactive ketones (excluding diaryl/α,β-unsaturated/α-hetero) is 1. The van der Waals surface area contributed by atoms with Gasteiger partial charge < -0.3 is 9.15 Å². The van der Waals surface area contributed by atoms with Gasteiger partial charge in [-0.05, 0) is 31.5 Å². The third-order valence-electron chi connectivity index (χ3n) is 3.78. The molecule has 3 rings (SSSR count). The van der Waals surface area contributed by atoms with Gasteiger partial charge in [0.05, 0.1) is 0 Å². The van der Waals surface area contributed by atoms with E-state index in [-0.39, 0.29) is 35.1 Å². The standard InChI is InChI=1S/C20H16O5/c1-12-10-17(22)25-20-15(12)8-9-16(24-11-13(2)21)18(20)19(23)14-6-4-3-5-7-14/h3-10H,11H2,1-2H3. The first-order valence-corrected chi connectivity index (χ1v) is 7.77. The van der Waals surface area contributed by atoms with Gasteiger partial charge >= 0.3 is 5.63 Å². The minimum atomic E-state index is -0.546. The fourth-order valence-electron chi connectivity index (χ4n) is 2.61. The minimum absolute atomic E-state index is 0.144. The first-order valence-electron chi connectivity index (χ1n) is 7.77. The molecular weight excluding hydrogens is 320 g/mol. The smallest absolute Gasteiger partial charge is 0.336 e. The fourth-order valence-corrected chi connectivity index (χ4v) is 2.61. The number of aryl methyl sites for hydroxylation is 1. The van der Waals surface area contributed by atoms with Crippen molar-refractivity contribution in [3.63, 3.8) is 0 Å². The molecule has 0 unspecified atom stereocenters. The van der Waals surface area contributed by atoms with Crippen LogP contribution in [0, 0.1) is 6.92 Å². The number of carbonyl (C=O) groups excluding carboxylic acids is 2. The Morgan fingerprint density at radius 3 is 2.48 bits per heavy atom. The van der Waals surface area contributed by atoms with Crippen LogP contribution in [0.2, 0.25) is 0 Å². The molecule has 0 N–H and O–H groups in total.